The molecule has 0 aliphatic carbocycles. The van der Waals surface area contributed by atoms with Gasteiger partial charge < -0.3 is 20.9 Å². The van der Waals surface area contributed by atoms with E-state index in [-0.39, 0.29) is 5.91 Å². The normalized spacial score (nSPS) is 10.2. The Kier molecular flexibility index (Phi) is 4.60. The van der Waals surface area contributed by atoms with Crippen molar-refractivity contribution in [2.24, 2.45) is 0 Å². The summed E-state index contributed by atoms with van der Waals surface area (Å²) in [7, 11) is 0. The number of amides is 1. The summed E-state index contributed by atoms with van der Waals surface area (Å²) in [5.74, 6) is -0.0924. The van der Waals surface area contributed by atoms with Crippen LogP contribution in [0.2, 0.25) is 0 Å². The molecule has 20 heavy (non-hydrogen) atoms. The monoisotopic (exact) mass is 273 g/mol. The molecule has 2 aromatic rings. The van der Waals surface area contributed by atoms with E-state index in [1.54, 1.807) is 30.7 Å². The first-order valence-electron chi connectivity index (χ1n) is 6.58. The zero-order valence-electron chi connectivity index (χ0n) is 11.5. The van der Waals surface area contributed by atoms with E-state index in [0.717, 1.165) is 12.2 Å². The third kappa shape index (κ3) is 3.50. The lowest BCUT2D eigenvalue weighted by Crippen LogP contribution is -2.22. The number of anilines is 2. The molecule has 1 heterocycles. The van der Waals surface area contributed by atoms with Crippen molar-refractivity contribution in [3.8, 4) is 0 Å². The third-order valence-electron chi connectivity index (χ3n) is 2.90. The van der Waals surface area contributed by atoms with Crippen LogP contribution in [0.1, 0.15) is 17.3 Å². The molecule has 1 aromatic heterocycles. The zero-order chi connectivity index (χ0) is 14.4. The van der Waals surface area contributed by atoms with Gasteiger partial charge in [-0.05, 0) is 25.1 Å². The van der Waals surface area contributed by atoms with Crippen molar-refractivity contribution < 1.29 is 4.79 Å². The number of carbonyl (C=O) groups excluding carboxylic acids is 1. The predicted octanol–water partition coefficient (Wildman–Crippen LogP) is 1.33. The number of carbonyl (C=O) groups is 1. The molecule has 4 N–H and O–H groups in total. The average Bonchev–Trinajstić information content (AvgIpc) is 2.94. The lowest BCUT2D eigenvalue weighted by atomic mass is 10.1. The van der Waals surface area contributed by atoms with Crippen LogP contribution in [-0.4, -0.2) is 28.5 Å². The summed E-state index contributed by atoms with van der Waals surface area (Å²) in [6, 6.07) is 5.24. The second kappa shape index (κ2) is 6.60. The highest BCUT2D eigenvalue weighted by atomic mass is 16.1. The molecule has 0 aliphatic heterocycles. The Morgan fingerprint density at radius 3 is 3.00 bits per heavy atom. The first-order valence-corrected chi connectivity index (χ1v) is 6.58. The highest BCUT2D eigenvalue weighted by Gasteiger charge is 2.07. The predicted molar refractivity (Wildman–Crippen MR) is 79.6 cm³/mol. The minimum atomic E-state index is -0.0924. The SMILES string of the molecule is CCNC(=O)c1ccc(N)c(NCCn2ccnc2)c1. The Bertz CT molecular complexity index is 565. The fraction of sp³-hybridized carbons (Fsp3) is 0.286. The standard InChI is InChI=1S/C14H19N5O/c1-2-17-14(20)11-3-4-12(15)13(9-11)18-6-8-19-7-5-16-10-19/h3-5,7,9-10,18H,2,6,8,15H2,1H3,(H,17,20). The van der Waals surface area contributed by atoms with Gasteiger partial charge in [0.05, 0.1) is 17.7 Å². The van der Waals surface area contributed by atoms with E-state index in [2.05, 4.69) is 15.6 Å². The molecule has 6 nitrogen and oxygen atoms in total. The maximum atomic E-state index is 11.8. The lowest BCUT2D eigenvalue weighted by Gasteiger charge is -2.11. The Morgan fingerprint density at radius 1 is 1.45 bits per heavy atom. The van der Waals surface area contributed by atoms with Gasteiger partial charge in [0.25, 0.3) is 5.91 Å². The Hall–Kier alpha value is -2.50. The quantitative estimate of drug-likeness (QED) is 0.693. The van der Waals surface area contributed by atoms with Crippen molar-refractivity contribution in [3.05, 3.63) is 42.5 Å². The van der Waals surface area contributed by atoms with E-state index >= 15 is 0 Å². The van der Waals surface area contributed by atoms with Crippen LogP contribution in [0.15, 0.2) is 36.9 Å². The number of nitrogen functional groups attached to an aromatic ring is 1. The molecule has 0 atom stereocenters. The van der Waals surface area contributed by atoms with E-state index in [0.29, 0.717) is 24.3 Å². The number of aromatic nitrogens is 2. The Morgan fingerprint density at radius 2 is 2.30 bits per heavy atom. The van der Waals surface area contributed by atoms with E-state index in [4.69, 9.17) is 5.73 Å². The van der Waals surface area contributed by atoms with Crippen LogP contribution in [0, 0.1) is 0 Å². The molecule has 1 amide bonds. The van der Waals surface area contributed by atoms with Gasteiger partial charge in [0.1, 0.15) is 0 Å². The number of hydrogen-bond acceptors (Lipinski definition) is 4. The largest absolute Gasteiger partial charge is 0.397 e. The lowest BCUT2D eigenvalue weighted by molar-refractivity contribution is 0.0956. The summed E-state index contributed by atoms with van der Waals surface area (Å²) in [5, 5.41) is 6.00. The minimum Gasteiger partial charge on any atom is -0.397 e. The number of imidazole rings is 1. The number of hydrogen-bond donors (Lipinski definition) is 3. The van der Waals surface area contributed by atoms with E-state index in [9.17, 15) is 4.79 Å². The van der Waals surface area contributed by atoms with Gasteiger partial charge in [-0.2, -0.15) is 0 Å². The molecule has 6 heteroatoms. The molecular weight excluding hydrogens is 254 g/mol. The molecule has 0 aliphatic rings. The fourth-order valence-electron chi connectivity index (χ4n) is 1.85. The van der Waals surface area contributed by atoms with Crippen molar-refractivity contribution in [2.45, 2.75) is 13.5 Å². The fourth-order valence-corrected chi connectivity index (χ4v) is 1.85. The molecule has 0 saturated heterocycles. The maximum absolute atomic E-state index is 11.8. The molecule has 0 fully saturated rings. The van der Waals surface area contributed by atoms with Gasteiger partial charge in [0, 0.05) is 37.6 Å². The molecule has 0 bridgehead atoms. The van der Waals surface area contributed by atoms with Gasteiger partial charge >= 0.3 is 0 Å². The number of nitrogens with one attached hydrogen (secondary N) is 2. The van der Waals surface area contributed by atoms with E-state index < -0.39 is 0 Å². The zero-order valence-corrected chi connectivity index (χ0v) is 11.5. The van der Waals surface area contributed by atoms with Crippen LogP contribution in [0.5, 0.6) is 0 Å². The summed E-state index contributed by atoms with van der Waals surface area (Å²) in [6.07, 6.45) is 5.40. The van der Waals surface area contributed by atoms with E-state index in [1.807, 2.05) is 17.7 Å². The topological polar surface area (TPSA) is 85.0 Å². The average molecular weight is 273 g/mol. The number of benzene rings is 1. The summed E-state index contributed by atoms with van der Waals surface area (Å²) in [5.41, 5.74) is 7.91. The molecule has 0 radical (unpaired) electrons. The number of rotatable bonds is 6. The Balaban J connectivity index is 1.99. The van der Waals surface area contributed by atoms with Crippen LogP contribution in [-0.2, 0) is 6.54 Å². The van der Waals surface area contributed by atoms with Crippen molar-refractivity contribution in [3.63, 3.8) is 0 Å². The van der Waals surface area contributed by atoms with Crippen molar-refractivity contribution >= 4 is 17.3 Å². The first-order chi connectivity index (χ1) is 9.70. The Labute approximate surface area is 118 Å². The number of nitrogens with zero attached hydrogens (tertiary/aromatic N) is 2. The van der Waals surface area contributed by atoms with Crippen LogP contribution in [0.3, 0.4) is 0 Å². The minimum absolute atomic E-state index is 0.0924. The highest BCUT2D eigenvalue weighted by molar-refractivity contribution is 5.96. The molecule has 0 unspecified atom stereocenters. The summed E-state index contributed by atoms with van der Waals surface area (Å²) < 4.78 is 1.97. The summed E-state index contributed by atoms with van der Waals surface area (Å²) in [4.78, 5) is 15.8. The van der Waals surface area contributed by atoms with Crippen molar-refractivity contribution in [2.75, 3.05) is 24.1 Å². The smallest absolute Gasteiger partial charge is 0.251 e. The molecule has 106 valence electrons. The summed E-state index contributed by atoms with van der Waals surface area (Å²) >= 11 is 0. The van der Waals surface area contributed by atoms with Gasteiger partial charge in [-0.25, -0.2) is 4.98 Å². The van der Waals surface area contributed by atoms with Crippen LogP contribution in [0.4, 0.5) is 11.4 Å². The van der Waals surface area contributed by atoms with Crippen molar-refractivity contribution in [1.29, 1.82) is 0 Å². The maximum Gasteiger partial charge on any atom is 0.251 e. The second-order valence-electron chi connectivity index (χ2n) is 4.39. The second-order valence-corrected chi connectivity index (χ2v) is 4.39. The molecule has 2 rings (SSSR count). The van der Waals surface area contributed by atoms with Gasteiger partial charge in [0.15, 0.2) is 0 Å². The van der Waals surface area contributed by atoms with Crippen LogP contribution in [0.25, 0.3) is 0 Å². The van der Waals surface area contributed by atoms with Crippen molar-refractivity contribution in [1.82, 2.24) is 14.9 Å². The molecular formula is C14H19N5O. The van der Waals surface area contributed by atoms with E-state index in [1.165, 1.54) is 0 Å². The third-order valence-corrected chi connectivity index (χ3v) is 2.90. The highest BCUT2D eigenvalue weighted by Crippen LogP contribution is 2.19. The van der Waals surface area contributed by atoms with Crippen LogP contribution >= 0.6 is 0 Å². The molecule has 1 aromatic carbocycles. The molecule has 0 spiro atoms. The van der Waals surface area contributed by atoms with Gasteiger partial charge in [0.2, 0.25) is 0 Å². The first kappa shape index (κ1) is 13.9. The number of nitrogens with two attached hydrogens (primary N) is 1. The van der Waals surface area contributed by atoms with Gasteiger partial charge in [-0.1, -0.05) is 0 Å². The van der Waals surface area contributed by atoms with Crippen LogP contribution < -0.4 is 16.4 Å². The molecule has 0 saturated carbocycles. The van der Waals surface area contributed by atoms with Gasteiger partial charge in [-0.3, -0.25) is 4.79 Å². The summed E-state index contributed by atoms with van der Waals surface area (Å²) in [6.45, 7) is 3.98. The van der Waals surface area contributed by atoms with Gasteiger partial charge in [-0.15, -0.1) is 0 Å².